The summed E-state index contributed by atoms with van der Waals surface area (Å²) in [5.74, 6) is 1.92. The van der Waals surface area contributed by atoms with E-state index in [1.165, 1.54) is 11.7 Å². The molecule has 0 bridgehead atoms. The van der Waals surface area contributed by atoms with E-state index in [2.05, 4.69) is 32.0 Å². The Labute approximate surface area is 235 Å². The van der Waals surface area contributed by atoms with Gasteiger partial charge in [0.05, 0.1) is 10.5 Å². The van der Waals surface area contributed by atoms with Gasteiger partial charge >= 0.3 is 6.09 Å². The van der Waals surface area contributed by atoms with Gasteiger partial charge in [-0.05, 0) is 80.1 Å². The molecule has 0 saturated heterocycles. The number of ether oxygens (including phenoxy) is 2. The molecule has 0 unspecified atom stereocenters. The fourth-order valence-electron chi connectivity index (χ4n) is 3.83. The molecule has 0 radical (unpaired) electrons. The number of hydrogen-bond donors (Lipinski definition) is 2. The summed E-state index contributed by atoms with van der Waals surface area (Å²) in [7, 11) is 0. The predicted octanol–water partition coefficient (Wildman–Crippen LogP) is 7.78. The maximum Gasteiger partial charge on any atom is 0.407 e. The molecule has 0 atom stereocenters. The number of benzene rings is 2. The molecule has 8 nitrogen and oxygen atoms in total. The van der Waals surface area contributed by atoms with Gasteiger partial charge in [0.25, 0.3) is 0 Å². The minimum absolute atomic E-state index is 0. The third-order valence-corrected chi connectivity index (χ3v) is 6.60. The molecular formula is C27H27Cl2N5O3S. The van der Waals surface area contributed by atoms with Gasteiger partial charge in [0.15, 0.2) is 5.82 Å². The van der Waals surface area contributed by atoms with E-state index in [1.807, 2.05) is 67.9 Å². The van der Waals surface area contributed by atoms with Crippen molar-refractivity contribution < 1.29 is 14.3 Å². The maximum atomic E-state index is 12.0. The van der Waals surface area contributed by atoms with Gasteiger partial charge in [-0.3, -0.25) is 0 Å². The van der Waals surface area contributed by atoms with E-state index in [0.717, 1.165) is 27.2 Å². The summed E-state index contributed by atoms with van der Waals surface area (Å²) in [6, 6.07) is 15.5. The van der Waals surface area contributed by atoms with Crippen molar-refractivity contribution in [2.45, 2.75) is 32.9 Å². The number of nitrogens with one attached hydrogen (secondary N) is 2. The summed E-state index contributed by atoms with van der Waals surface area (Å²) >= 11 is 8.23. The van der Waals surface area contributed by atoms with E-state index in [-0.39, 0.29) is 12.4 Å². The van der Waals surface area contributed by atoms with Crippen molar-refractivity contribution in [2.24, 2.45) is 0 Å². The van der Waals surface area contributed by atoms with Crippen LogP contribution in [0.5, 0.6) is 11.5 Å². The lowest BCUT2D eigenvalue weighted by molar-refractivity contribution is 0.0526. The Kier molecular flexibility index (Phi) is 8.30. The lowest BCUT2D eigenvalue weighted by Crippen LogP contribution is -2.34. The molecule has 3 aromatic heterocycles. The van der Waals surface area contributed by atoms with Crippen LogP contribution < -0.4 is 15.4 Å². The SMILES string of the molecule is CC(C)(C)OC(=O)NCCn1ccc2ncnc(Nc3ccc(Oc4ccc5ccsc5c4)c(Cl)c3)c21.Cl. The third kappa shape index (κ3) is 6.48. The number of hydrogen-bond acceptors (Lipinski definition) is 7. The molecule has 2 N–H and O–H groups in total. The highest BCUT2D eigenvalue weighted by Gasteiger charge is 2.16. The van der Waals surface area contributed by atoms with Crippen LogP contribution in [0.25, 0.3) is 21.1 Å². The highest BCUT2D eigenvalue weighted by Crippen LogP contribution is 2.35. The number of thiophene rings is 1. The Balaban J connectivity index is 0.00000336. The first-order valence-corrected chi connectivity index (χ1v) is 13.0. The molecular weight excluding hydrogens is 545 g/mol. The maximum absolute atomic E-state index is 12.0. The highest BCUT2D eigenvalue weighted by atomic mass is 35.5. The van der Waals surface area contributed by atoms with Crippen molar-refractivity contribution in [1.82, 2.24) is 19.9 Å². The van der Waals surface area contributed by atoms with E-state index >= 15 is 0 Å². The van der Waals surface area contributed by atoms with Crippen molar-refractivity contribution in [2.75, 3.05) is 11.9 Å². The Hall–Kier alpha value is -3.53. The van der Waals surface area contributed by atoms with Gasteiger partial charge in [0.2, 0.25) is 0 Å². The monoisotopic (exact) mass is 571 g/mol. The minimum Gasteiger partial charge on any atom is -0.456 e. The van der Waals surface area contributed by atoms with Crippen molar-refractivity contribution >= 4 is 74.1 Å². The number of fused-ring (bicyclic) bond motifs is 2. The molecule has 0 fully saturated rings. The molecule has 0 saturated carbocycles. The highest BCUT2D eigenvalue weighted by molar-refractivity contribution is 7.17. The Morgan fingerprint density at radius 3 is 2.74 bits per heavy atom. The Bertz CT molecular complexity index is 1580. The van der Waals surface area contributed by atoms with E-state index in [4.69, 9.17) is 21.1 Å². The molecule has 198 valence electrons. The first-order valence-electron chi connectivity index (χ1n) is 11.7. The number of rotatable bonds is 7. The van der Waals surface area contributed by atoms with Crippen molar-refractivity contribution in [3.8, 4) is 11.5 Å². The lowest BCUT2D eigenvalue weighted by atomic mass is 10.2. The zero-order valence-corrected chi connectivity index (χ0v) is 23.4. The van der Waals surface area contributed by atoms with Gasteiger partial charge in [-0.25, -0.2) is 14.8 Å². The van der Waals surface area contributed by atoms with Gasteiger partial charge in [0.1, 0.15) is 28.9 Å². The van der Waals surface area contributed by atoms with Gasteiger partial charge in [0, 0.05) is 29.7 Å². The second-order valence-corrected chi connectivity index (χ2v) is 10.7. The van der Waals surface area contributed by atoms with Gasteiger partial charge < -0.3 is 24.7 Å². The van der Waals surface area contributed by atoms with E-state index in [0.29, 0.717) is 29.7 Å². The molecule has 1 amide bonds. The lowest BCUT2D eigenvalue weighted by Gasteiger charge is -2.19. The van der Waals surface area contributed by atoms with Crippen molar-refractivity contribution in [3.05, 3.63) is 71.5 Å². The van der Waals surface area contributed by atoms with E-state index < -0.39 is 11.7 Å². The summed E-state index contributed by atoms with van der Waals surface area (Å²) in [6.45, 7) is 6.40. The Morgan fingerprint density at radius 2 is 1.95 bits per heavy atom. The van der Waals surface area contributed by atoms with E-state index in [1.54, 1.807) is 17.4 Å². The minimum atomic E-state index is -0.547. The molecule has 3 heterocycles. The van der Waals surface area contributed by atoms with Gasteiger partial charge in [-0.15, -0.1) is 23.7 Å². The summed E-state index contributed by atoms with van der Waals surface area (Å²) in [4.78, 5) is 20.8. The molecule has 38 heavy (non-hydrogen) atoms. The normalized spacial score (nSPS) is 11.3. The number of halogens is 2. The molecule has 5 rings (SSSR count). The first-order chi connectivity index (χ1) is 17.7. The predicted molar refractivity (Wildman–Crippen MR) is 156 cm³/mol. The van der Waals surface area contributed by atoms with Crippen LogP contribution in [0.3, 0.4) is 0 Å². The largest absolute Gasteiger partial charge is 0.456 e. The summed E-state index contributed by atoms with van der Waals surface area (Å²) in [5.41, 5.74) is 1.80. The van der Waals surface area contributed by atoms with E-state index in [9.17, 15) is 4.79 Å². The fraction of sp³-hybridized carbons (Fsp3) is 0.222. The number of carbonyl (C=O) groups is 1. The molecule has 0 spiro atoms. The smallest absolute Gasteiger partial charge is 0.407 e. The molecule has 0 aliphatic rings. The second kappa shape index (κ2) is 11.5. The van der Waals surface area contributed by atoms with Crippen LogP contribution in [0.15, 0.2) is 66.4 Å². The number of anilines is 2. The first kappa shape index (κ1) is 27.5. The van der Waals surface area contributed by atoms with Gasteiger partial charge in [-0.1, -0.05) is 11.6 Å². The van der Waals surface area contributed by atoms with Crippen molar-refractivity contribution in [1.29, 1.82) is 0 Å². The number of carbonyl (C=O) groups excluding carboxylic acids is 1. The summed E-state index contributed by atoms with van der Waals surface area (Å²) in [5, 5.41) is 9.82. The summed E-state index contributed by atoms with van der Waals surface area (Å²) in [6.07, 6.45) is 2.97. The molecule has 0 aliphatic heterocycles. The standard InChI is InChI=1S/C27H26ClN5O3S.ClH/c1-27(2,3)36-26(34)29-10-12-33-11-8-21-24(33)25(31-16-30-21)32-18-5-7-22(20(28)14-18)35-19-6-4-17-9-13-37-23(17)15-19;/h4-9,11,13-16H,10,12H2,1-3H3,(H,29,34)(H,30,31,32);1H. The molecule has 0 aliphatic carbocycles. The fourth-order valence-corrected chi connectivity index (χ4v) is 4.86. The van der Waals surface area contributed by atoms with Crippen LogP contribution in [0.1, 0.15) is 20.8 Å². The topological polar surface area (TPSA) is 90.3 Å². The van der Waals surface area contributed by atoms with Gasteiger partial charge in [-0.2, -0.15) is 0 Å². The van der Waals surface area contributed by atoms with Crippen LogP contribution in [0, 0.1) is 0 Å². The number of aromatic nitrogens is 3. The van der Waals surface area contributed by atoms with Crippen LogP contribution >= 0.6 is 35.3 Å². The second-order valence-electron chi connectivity index (χ2n) is 9.39. The van der Waals surface area contributed by atoms with Crippen molar-refractivity contribution in [3.63, 3.8) is 0 Å². The average Bonchev–Trinajstić information content (AvgIpc) is 3.47. The summed E-state index contributed by atoms with van der Waals surface area (Å²) < 4.78 is 14.5. The Morgan fingerprint density at radius 1 is 1.11 bits per heavy atom. The molecule has 2 aromatic carbocycles. The van der Waals surface area contributed by atoms with Crippen LogP contribution in [0.2, 0.25) is 5.02 Å². The van der Waals surface area contributed by atoms with Crippen LogP contribution in [-0.2, 0) is 11.3 Å². The quantitative estimate of drug-likeness (QED) is 0.207. The molecule has 11 heteroatoms. The molecule has 5 aromatic rings. The van der Waals surface area contributed by atoms with Crippen LogP contribution in [0.4, 0.5) is 16.3 Å². The average molecular weight is 573 g/mol. The zero-order valence-electron chi connectivity index (χ0n) is 21.0. The zero-order chi connectivity index (χ0) is 26.0. The number of amides is 1. The number of alkyl carbamates (subject to hydrolysis) is 1. The third-order valence-electron chi connectivity index (χ3n) is 5.42. The number of nitrogens with zero attached hydrogens (tertiary/aromatic N) is 3. The van der Waals surface area contributed by atoms with Crippen LogP contribution in [-0.4, -0.2) is 32.8 Å².